The van der Waals surface area contributed by atoms with E-state index in [1.807, 2.05) is 19.1 Å². The lowest BCUT2D eigenvalue weighted by Crippen LogP contribution is -2.37. The molecule has 0 bridgehead atoms. The van der Waals surface area contributed by atoms with Crippen molar-refractivity contribution in [3.63, 3.8) is 0 Å². The second-order valence-corrected chi connectivity index (χ2v) is 7.02. The van der Waals surface area contributed by atoms with Crippen molar-refractivity contribution in [2.45, 2.75) is 39.5 Å². The Kier molecular flexibility index (Phi) is 5.09. The Morgan fingerprint density at radius 3 is 2.78 bits per heavy atom. The molecule has 1 atom stereocenters. The molecule has 4 heterocycles. The van der Waals surface area contributed by atoms with Crippen LogP contribution in [0.5, 0.6) is 0 Å². The Hall–Kier alpha value is -2.83. The van der Waals surface area contributed by atoms with E-state index in [-0.39, 0.29) is 0 Å². The first-order valence-corrected chi connectivity index (χ1v) is 9.53. The number of aromatic nitrogens is 5. The molecule has 3 aromatic heterocycles. The van der Waals surface area contributed by atoms with Crippen LogP contribution in [0.25, 0.3) is 11.4 Å². The van der Waals surface area contributed by atoms with Crippen LogP contribution in [0.4, 0.5) is 5.82 Å². The number of anilines is 1. The van der Waals surface area contributed by atoms with Gasteiger partial charge in [-0.15, -0.1) is 0 Å². The minimum Gasteiger partial charge on any atom is -0.356 e. The summed E-state index contributed by atoms with van der Waals surface area (Å²) in [5, 5.41) is 4.05. The molecule has 0 N–H and O–H groups in total. The summed E-state index contributed by atoms with van der Waals surface area (Å²) in [5.41, 5.74) is 2.06. The van der Waals surface area contributed by atoms with Crippen LogP contribution in [0.15, 0.2) is 35.1 Å². The van der Waals surface area contributed by atoms with Gasteiger partial charge in [0, 0.05) is 56.2 Å². The zero-order valence-corrected chi connectivity index (χ0v) is 15.8. The van der Waals surface area contributed by atoms with Gasteiger partial charge in [-0.05, 0) is 37.3 Å². The first kappa shape index (κ1) is 17.6. The maximum Gasteiger partial charge on any atom is 0.223 e. The fraction of sp³-hybridized carbons (Fsp3) is 0.450. The summed E-state index contributed by atoms with van der Waals surface area (Å²) >= 11 is 0. The highest BCUT2D eigenvalue weighted by Gasteiger charge is 2.23. The molecule has 3 aromatic rings. The van der Waals surface area contributed by atoms with Crippen molar-refractivity contribution < 1.29 is 4.52 Å². The monoisotopic (exact) mass is 364 g/mol. The van der Waals surface area contributed by atoms with Gasteiger partial charge in [0.05, 0.1) is 0 Å². The molecule has 0 aromatic carbocycles. The third-order valence-corrected chi connectivity index (χ3v) is 4.95. The predicted molar refractivity (Wildman–Crippen MR) is 102 cm³/mol. The van der Waals surface area contributed by atoms with Gasteiger partial charge in [0.25, 0.3) is 0 Å². The number of aryl methyl sites for hydroxylation is 2. The normalized spacial score (nSPS) is 17.3. The molecule has 0 saturated carbocycles. The summed E-state index contributed by atoms with van der Waals surface area (Å²) < 4.78 is 5.11. The highest BCUT2D eigenvalue weighted by Crippen LogP contribution is 2.26. The van der Waals surface area contributed by atoms with E-state index in [0.29, 0.717) is 11.8 Å². The van der Waals surface area contributed by atoms with Crippen LogP contribution in [0, 0.1) is 12.8 Å². The summed E-state index contributed by atoms with van der Waals surface area (Å²) in [6.07, 6.45) is 7.59. The number of hydrogen-bond acceptors (Lipinski definition) is 7. The van der Waals surface area contributed by atoms with Crippen molar-refractivity contribution in [3.05, 3.63) is 48.0 Å². The molecule has 27 heavy (non-hydrogen) atoms. The van der Waals surface area contributed by atoms with E-state index in [1.165, 1.54) is 6.42 Å². The van der Waals surface area contributed by atoms with E-state index in [0.717, 1.165) is 61.1 Å². The van der Waals surface area contributed by atoms with Crippen molar-refractivity contribution >= 4 is 5.82 Å². The highest BCUT2D eigenvalue weighted by atomic mass is 16.5. The van der Waals surface area contributed by atoms with Crippen LogP contribution in [0.3, 0.4) is 0 Å². The summed E-state index contributed by atoms with van der Waals surface area (Å²) in [4.78, 5) is 20.4. The predicted octanol–water partition coefficient (Wildman–Crippen LogP) is 3.25. The van der Waals surface area contributed by atoms with E-state index >= 15 is 0 Å². The van der Waals surface area contributed by atoms with Crippen molar-refractivity contribution in [2.75, 3.05) is 18.0 Å². The molecule has 1 aliphatic heterocycles. The zero-order chi connectivity index (χ0) is 18.6. The van der Waals surface area contributed by atoms with Gasteiger partial charge in [0.2, 0.25) is 5.89 Å². The lowest BCUT2D eigenvalue weighted by atomic mass is 9.94. The van der Waals surface area contributed by atoms with Gasteiger partial charge in [-0.2, -0.15) is 4.98 Å². The average molecular weight is 364 g/mol. The zero-order valence-electron chi connectivity index (χ0n) is 15.8. The smallest absolute Gasteiger partial charge is 0.223 e. The van der Waals surface area contributed by atoms with Gasteiger partial charge in [-0.25, -0.2) is 9.97 Å². The van der Waals surface area contributed by atoms with E-state index < -0.39 is 0 Å². The largest absolute Gasteiger partial charge is 0.356 e. The fourth-order valence-corrected chi connectivity index (χ4v) is 3.58. The van der Waals surface area contributed by atoms with E-state index in [1.54, 1.807) is 12.4 Å². The van der Waals surface area contributed by atoms with Gasteiger partial charge < -0.3 is 9.42 Å². The standard InChI is InChI=1S/C20H24N6O/c1-3-17-12-19(24-20(23-17)16-6-8-21-9-7-16)26-10-4-5-15(13-26)11-18-22-14(2)27-25-18/h6-9,12,15H,3-5,10-11,13H2,1-2H3. The van der Waals surface area contributed by atoms with E-state index in [4.69, 9.17) is 14.5 Å². The van der Waals surface area contributed by atoms with Crippen LogP contribution in [-0.4, -0.2) is 38.2 Å². The summed E-state index contributed by atoms with van der Waals surface area (Å²) in [7, 11) is 0. The number of piperidine rings is 1. The highest BCUT2D eigenvalue weighted by molar-refractivity contribution is 5.57. The Morgan fingerprint density at radius 1 is 1.19 bits per heavy atom. The molecule has 0 radical (unpaired) electrons. The molecule has 4 rings (SSSR count). The lowest BCUT2D eigenvalue weighted by Gasteiger charge is -2.33. The van der Waals surface area contributed by atoms with Gasteiger partial charge >= 0.3 is 0 Å². The molecule has 0 amide bonds. The SMILES string of the molecule is CCc1cc(N2CCCC(Cc3noc(C)n3)C2)nc(-c2ccncc2)n1. The van der Waals surface area contributed by atoms with Crippen LogP contribution in [0.2, 0.25) is 0 Å². The number of hydrogen-bond donors (Lipinski definition) is 0. The van der Waals surface area contributed by atoms with E-state index in [9.17, 15) is 0 Å². The maximum atomic E-state index is 5.11. The third kappa shape index (κ3) is 4.13. The van der Waals surface area contributed by atoms with Gasteiger partial charge in [-0.3, -0.25) is 4.98 Å². The van der Waals surface area contributed by atoms with Gasteiger partial charge in [0.1, 0.15) is 5.82 Å². The van der Waals surface area contributed by atoms with Crippen molar-refractivity contribution in [2.24, 2.45) is 5.92 Å². The number of pyridine rings is 1. The minimum absolute atomic E-state index is 0.500. The second kappa shape index (κ2) is 7.82. The van der Waals surface area contributed by atoms with Crippen molar-refractivity contribution in [3.8, 4) is 11.4 Å². The first-order valence-electron chi connectivity index (χ1n) is 9.53. The Bertz CT molecular complexity index is 894. The maximum absolute atomic E-state index is 5.11. The van der Waals surface area contributed by atoms with Crippen molar-refractivity contribution in [1.82, 2.24) is 25.1 Å². The molecule has 1 aliphatic rings. The van der Waals surface area contributed by atoms with Gasteiger partial charge in [-0.1, -0.05) is 12.1 Å². The average Bonchev–Trinajstić information content (AvgIpc) is 3.13. The molecule has 0 spiro atoms. The molecular formula is C20H24N6O. The quantitative estimate of drug-likeness (QED) is 0.687. The summed E-state index contributed by atoms with van der Waals surface area (Å²) in [5.74, 6) is 3.70. The van der Waals surface area contributed by atoms with Crippen LogP contribution in [-0.2, 0) is 12.8 Å². The molecule has 1 unspecified atom stereocenters. The topological polar surface area (TPSA) is 80.8 Å². The Labute approximate surface area is 158 Å². The Morgan fingerprint density at radius 2 is 2.04 bits per heavy atom. The van der Waals surface area contributed by atoms with Crippen LogP contribution >= 0.6 is 0 Å². The molecule has 140 valence electrons. The fourth-order valence-electron chi connectivity index (χ4n) is 3.58. The summed E-state index contributed by atoms with van der Waals surface area (Å²) in [6.45, 7) is 5.92. The molecule has 7 heteroatoms. The number of nitrogens with zero attached hydrogens (tertiary/aromatic N) is 6. The second-order valence-electron chi connectivity index (χ2n) is 7.02. The molecule has 0 aliphatic carbocycles. The van der Waals surface area contributed by atoms with E-state index in [2.05, 4.69) is 33.0 Å². The summed E-state index contributed by atoms with van der Waals surface area (Å²) in [6, 6.07) is 6.03. The van der Waals surface area contributed by atoms with Gasteiger partial charge in [0.15, 0.2) is 11.6 Å². The van der Waals surface area contributed by atoms with Crippen molar-refractivity contribution in [1.29, 1.82) is 0 Å². The molecule has 7 nitrogen and oxygen atoms in total. The number of rotatable bonds is 5. The molecule has 1 saturated heterocycles. The molecular weight excluding hydrogens is 340 g/mol. The lowest BCUT2D eigenvalue weighted by molar-refractivity contribution is 0.369. The Balaban J connectivity index is 1.56. The molecule has 1 fully saturated rings. The van der Waals surface area contributed by atoms with Crippen LogP contribution in [0.1, 0.15) is 37.2 Å². The minimum atomic E-state index is 0.500. The first-order chi connectivity index (χ1) is 13.2. The third-order valence-electron chi connectivity index (χ3n) is 4.95. The van der Waals surface area contributed by atoms with Crippen LogP contribution < -0.4 is 4.90 Å².